The van der Waals surface area contributed by atoms with Crippen LogP contribution in [0.3, 0.4) is 0 Å². The van der Waals surface area contributed by atoms with Crippen molar-refractivity contribution < 1.29 is 0 Å². The average Bonchev–Trinajstić information content (AvgIpc) is 2.76. The summed E-state index contributed by atoms with van der Waals surface area (Å²) in [5.41, 5.74) is 1.48. The number of rotatable bonds is 2. The highest BCUT2D eigenvalue weighted by Crippen LogP contribution is 2.30. The van der Waals surface area contributed by atoms with Gasteiger partial charge >= 0.3 is 0 Å². The fourth-order valence-electron chi connectivity index (χ4n) is 3.17. The third kappa shape index (κ3) is 2.40. The maximum Gasteiger partial charge on any atom is 0.109 e. The molecule has 0 aliphatic carbocycles. The molecule has 94 valence electrons. The lowest BCUT2D eigenvalue weighted by Gasteiger charge is -2.25. The zero-order valence-corrected chi connectivity index (χ0v) is 11.5. The standard InChI is InChI=1S/C14H22N2S/c1-11-4-2-6-16-13(11)9-15-14(16)8-12-5-3-7-17-10-12/h9,11-12H,2-8,10H2,1H3. The van der Waals surface area contributed by atoms with E-state index in [4.69, 9.17) is 4.98 Å². The van der Waals surface area contributed by atoms with Crippen LogP contribution in [-0.2, 0) is 13.0 Å². The van der Waals surface area contributed by atoms with Gasteiger partial charge in [-0.3, -0.25) is 0 Å². The fraction of sp³-hybridized carbons (Fsp3) is 0.786. The molecule has 0 N–H and O–H groups in total. The molecule has 17 heavy (non-hydrogen) atoms. The van der Waals surface area contributed by atoms with Gasteiger partial charge in [-0.2, -0.15) is 11.8 Å². The Labute approximate surface area is 108 Å². The molecule has 0 amide bonds. The van der Waals surface area contributed by atoms with Crippen molar-refractivity contribution in [2.75, 3.05) is 11.5 Å². The lowest BCUT2D eigenvalue weighted by Crippen LogP contribution is -2.19. The van der Waals surface area contributed by atoms with Gasteiger partial charge in [-0.15, -0.1) is 0 Å². The van der Waals surface area contributed by atoms with Gasteiger partial charge in [-0.25, -0.2) is 4.98 Å². The summed E-state index contributed by atoms with van der Waals surface area (Å²) < 4.78 is 2.51. The summed E-state index contributed by atoms with van der Waals surface area (Å²) in [5, 5.41) is 0. The Bertz CT molecular complexity index is 380. The molecule has 2 aliphatic heterocycles. The zero-order valence-electron chi connectivity index (χ0n) is 10.7. The minimum absolute atomic E-state index is 0.714. The molecular weight excluding hydrogens is 228 g/mol. The molecule has 0 spiro atoms. The molecule has 1 aromatic rings. The highest BCUT2D eigenvalue weighted by atomic mass is 32.2. The predicted molar refractivity (Wildman–Crippen MR) is 73.6 cm³/mol. The van der Waals surface area contributed by atoms with Gasteiger partial charge in [0.25, 0.3) is 0 Å². The molecule has 2 aliphatic rings. The largest absolute Gasteiger partial charge is 0.332 e. The Morgan fingerprint density at radius 1 is 1.41 bits per heavy atom. The van der Waals surface area contributed by atoms with Crippen molar-refractivity contribution in [1.82, 2.24) is 9.55 Å². The van der Waals surface area contributed by atoms with Crippen LogP contribution in [0, 0.1) is 5.92 Å². The van der Waals surface area contributed by atoms with Gasteiger partial charge in [-0.1, -0.05) is 6.92 Å². The van der Waals surface area contributed by atoms with Crippen LogP contribution in [0.25, 0.3) is 0 Å². The van der Waals surface area contributed by atoms with E-state index in [2.05, 4.69) is 29.4 Å². The van der Waals surface area contributed by atoms with Crippen LogP contribution in [0.5, 0.6) is 0 Å². The van der Waals surface area contributed by atoms with Crippen molar-refractivity contribution in [1.29, 1.82) is 0 Å². The summed E-state index contributed by atoms with van der Waals surface area (Å²) in [6.07, 6.45) is 8.82. The van der Waals surface area contributed by atoms with Crippen LogP contribution in [0.2, 0.25) is 0 Å². The lowest BCUT2D eigenvalue weighted by atomic mass is 9.97. The first-order valence-corrected chi connectivity index (χ1v) is 8.12. The smallest absolute Gasteiger partial charge is 0.109 e. The molecule has 3 rings (SSSR count). The van der Waals surface area contributed by atoms with Gasteiger partial charge < -0.3 is 4.57 Å². The van der Waals surface area contributed by atoms with Gasteiger partial charge in [0.15, 0.2) is 0 Å². The molecular formula is C14H22N2S. The van der Waals surface area contributed by atoms with Crippen LogP contribution in [-0.4, -0.2) is 21.1 Å². The molecule has 0 saturated carbocycles. The van der Waals surface area contributed by atoms with Gasteiger partial charge in [0.1, 0.15) is 5.82 Å². The van der Waals surface area contributed by atoms with Crippen molar-refractivity contribution in [3.05, 3.63) is 17.7 Å². The van der Waals surface area contributed by atoms with E-state index in [-0.39, 0.29) is 0 Å². The second-order valence-corrected chi connectivity index (χ2v) is 6.73. The zero-order chi connectivity index (χ0) is 11.7. The van der Waals surface area contributed by atoms with Gasteiger partial charge in [0.05, 0.1) is 0 Å². The van der Waals surface area contributed by atoms with E-state index >= 15 is 0 Å². The van der Waals surface area contributed by atoms with Gasteiger partial charge in [-0.05, 0) is 49.0 Å². The molecule has 3 heteroatoms. The first kappa shape index (κ1) is 11.6. The molecule has 3 heterocycles. The Balaban J connectivity index is 1.74. The summed E-state index contributed by atoms with van der Waals surface area (Å²) in [6.45, 7) is 3.54. The number of hydrogen-bond donors (Lipinski definition) is 0. The number of fused-ring (bicyclic) bond motifs is 1. The monoisotopic (exact) mass is 250 g/mol. The third-order valence-corrected chi connectivity index (χ3v) is 5.50. The molecule has 2 atom stereocenters. The van der Waals surface area contributed by atoms with E-state index in [1.54, 1.807) is 0 Å². The summed E-state index contributed by atoms with van der Waals surface area (Å²) in [7, 11) is 0. The minimum Gasteiger partial charge on any atom is -0.332 e. The van der Waals surface area contributed by atoms with E-state index < -0.39 is 0 Å². The Morgan fingerprint density at radius 3 is 3.18 bits per heavy atom. The third-order valence-electron chi connectivity index (χ3n) is 4.22. The first-order chi connectivity index (χ1) is 8.34. The van der Waals surface area contributed by atoms with Crippen molar-refractivity contribution >= 4 is 11.8 Å². The lowest BCUT2D eigenvalue weighted by molar-refractivity contribution is 0.440. The van der Waals surface area contributed by atoms with Crippen LogP contribution in [0.1, 0.15) is 50.0 Å². The molecule has 0 aromatic carbocycles. The van der Waals surface area contributed by atoms with E-state index in [9.17, 15) is 0 Å². The first-order valence-electron chi connectivity index (χ1n) is 6.96. The highest BCUT2D eigenvalue weighted by Gasteiger charge is 2.22. The summed E-state index contributed by atoms with van der Waals surface area (Å²) >= 11 is 2.13. The number of hydrogen-bond acceptors (Lipinski definition) is 2. The predicted octanol–water partition coefficient (Wildman–Crippen LogP) is 3.47. The normalized spacial score (nSPS) is 29.0. The molecule has 1 fully saturated rings. The molecule has 1 aromatic heterocycles. The van der Waals surface area contributed by atoms with Crippen molar-refractivity contribution in [2.24, 2.45) is 5.92 Å². The molecule has 0 bridgehead atoms. The Morgan fingerprint density at radius 2 is 2.35 bits per heavy atom. The SMILES string of the molecule is CC1CCCn2c1cnc2CC1CCCSC1. The molecule has 2 unspecified atom stereocenters. The second kappa shape index (κ2) is 5.05. The summed E-state index contributed by atoms with van der Waals surface area (Å²) in [5.74, 6) is 5.66. The van der Waals surface area contributed by atoms with Crippen molar-refractivity contribution in [3.63, 3.8) is 0 Å². The van der Waals surface area contributed by atoms with E-state index in [1.807, 2.05) is 0 Å². The Hall–Kier alpha value is -0.440. The number of imidazole rings is 1. The van der Waals surface area contributed by atoms with E-state index in [1.165, 1.54) is 61.7 Å². The number of nitrogens with zero attached hydrogens (tertiary/aromatic N) is 2. The van der Waals surface area contributed by atoms with Crippen LogP contribution >= 0.6 is 11.8 Å². The number of aromatic nitrogens is 2. The van der Waals surface area contributed by atoms with Crippen LogP contribution in [0.4, 0.5) is 0 Å². The van der Waals surface area contributed by atoms with E-state index in [0.29, 0.717) is 5.92 Å². The number of thioether (sulfide) groups is 1. The highest BCUT2D eigenvalue weighted by molar-refractivity contribution is 7.99. The quantitative estimate of drug-likeness (QED) is 0.800. The van der Waals surface area contributed by atoms with Gasteiger partial charge in [0.2, 0.25) is 0 Å². The van der Waals surface area contributed by atoms with Crippen LogP contribution < -0.4 is 0 Å². The van der Waals surface area contributed by atoms with Crippen LogP contribution in [0.15, 0.2) is 6.20 Å². The second-order valence-electron chi connectivity index (χ2n) is 5.58. The Kier molecular flexibility index (Phi) is 3.46. The van der Waals surface area contributed by atoms with E-state index in [0.717, 1.165) is 5.92 Å². The topological polar surface area (TPSA) is 17.8 Å². The maximum absolute atomic E-state index is 4.70. The molecule has 0 radical (unpaired) electrons. The van der Waals surface area contributed by atoms with Crippen molar-refractivity contribution in [2.45, 2.75) is 51.5 Å². The van der Waals surface area contributed by atoms with Gasteiger partial charge in [0, 0.05) is 24.9 Å². The maximum atomic E-state index is 4.70. The van der Waals surface area contributed by atoms with Crippen molar-refractivity contribution in [3.8, 4) is 0 Å². The minimum atomic E-state index is 0.714. The molecule has 2 nitrogen and oxygen atoms in total. The fourth-order valence-corrected chi connectivity index (χ4v) is 4.33. The summed E-state index contributed by atoms with van der Waals surface area (Å²) in [4.78, 5) is 4.70. The summed E-state index contributed by atoms with van der Waals surface area (Å²) in [6, 6.07) is 0. The molecule has 1 saturated heterocycles. The average molecular weight is 250 g/mol.